The molecule has 0 amide bonds. The Morgan fingerprint density at radius 2 is 2.17 bits per heavy atom. The number of hydrogen-bond acceptors (Lipinski definition) is 2. The SMILES string of the molecule is CN1CCC[C@@H]1Cc1c[nH]c2ccc(OCCCC(F)(F)F)cc12. The van der Waals surface area contributed by atoms with Gasteiger partial charge >= 0.3 is 6.18 Å². The van der Waals surface area contributed by atoms with Crippen molar-refractivity contribution < 1.29 is 17.9 Å². The second-order valence-electron chi connectivity index (χ2n) is 6.57. The van der Waals surface area contributed by atoms with Gasteiger partial charge in [0.2, 0.25) is 0 Å². The highest BCUT2D eigenvalue weighted by atomic mass is 19.4. The van der Waals surface area contributed by atoms with Crippen LogP contribution in [0.3, 0.4) is 0 Å². The molecule has 0 unspecified atom stereocenters. The molecule has 3 nitrogen and oxygen atoms in total. The molecule has 3 rings (SSSR count). The van der Waals surface area contributed by atoms with E-state index >= 15 is 0 Å². The van der Waals surface area contributed by atoms with Gasteiger partial charge in [-0.05, 0) is 63.0 Å². The van der Waals surface area contributed by atoms with Gasteiger partial charge in [-0.2, -0.15) is 13.2 Å². The molecular formula is C18H23F3N2O. The molecule has 1 fully saturated rings. The Kier molecular flexibility index (Phi) is 5.04. The van der Waals surface area contributed by atoms with Crippen LogP contribution in [0.4, 0.5) is 13.2 Å². The van der Waals surface area contributed by atoms with E-state index in [9.17, 15) is 13.2 Å². The lowest BCUT2D eigenvalue weighted by Gasteiger charge is -2.18. The highest BCUT2D eigenvalue weighted by Crippen LogP contribution is 2.28. The number of halogens is 3. The van der Waals surface area contributed by atoms with Crippen molar-refractivity contribution in [3.05, 3.63) is 30.0 Å². The monoisotopic (exact) mass is 340 g/mol. The van der Waals surface area contributed by atoms with Gasteiger partial charge in [-0.1, -0.05) is 0 Å². The number of ether oxygens (including phenoxy) is 1. The zero-order valence-corrected chi connectivity index (χ0v) is 13.8. The second-order valence-corrected chi connectivity index (χ2v) is 6.57. The van der Waals surface area contributed by atoms with Crippen molar-refractivity contribution in [2.24, 2.45) is 0 Å². The third kappa shape index (κ3) is 4.23. The molecule has 1 N–H and O–H groups in total. The summed E-state index contributed by atoms with van der Waals surface area (Å²) in [6, 6.07) is 6.22. The maximum atomic E-state index is 12.2. The van der Waals surface area contributed by atoms with Crippen molar-refractivity contribution in [2.45, 2.75) is 44.3 Å². The van der Waals surface area contributed by atoms with Crippen molar-refractivity contribution >= 4 is 10.9 Å². The van der Waals surface area contributed by atoms with Gasteiger partial charge in [0.1, 0.15) is 5.75 Å². The predicted octanol–water partition coefficient (Wildman–Crippen LogP) is 4.53. The van der Waals surface area contributed by atoms with Crippen LogP contribution >= 0.6 is 0 Å². The zero-order chi connectivity index (χ0) is 17.2. The number of rotatable bonds is 6. The van der Waals surface area contributed by atoms with Crippen molar-refractivity contribution in [3.8, 4) is 5.75 Å². The molecule has 1 aromatic carbocycles. The molecule has 0 aliphatic carbocycles. The van der Waals surface area contributed by atoms with E-state index in [1.165, 1.54) is 18.4 Å². The summed E-state index contributed by atoms with van der Waals surface area (Å²) in [4.78, 5) is 5.65. The number of hydrogen-bond donors (Lipinski definition) is 1. The second kappa shape index (κ2) is 7.05. The van der Waals surface area contributed by atoms with E-state index in [-0.39, 0.29) is 13.0 Å². The van der Waals surface area contributed by atoms with Gasteiger partial charge in [-0.25, -0.2) is 0 Å². The number of likely N-dealkylation sites (tertiary alicyclic amines) is 1. The van der Waals surface area contributed by atoms with E-state index in [4.69, 9.17) is 4.74 Å². The van der Waals surface area contributed by atoms with Gasteiger partial charge in [0.05, 0.1) is 6.61 Å². The average molecular weight is 340 g/mol. The quantitative estimate of drug-likeness (QED) is 0.783. The molecule has 0 saturated carbocycles. The number of aromatic nitrogens is 1. The van der Waals surface area contributed by atoms with Gasteiger partial charge in [0.25, 0.3) is 0 Å². The number of H-pyrrole nitrogens is 1. The van der Waals surface area contributed by atoms with E-state index in [0.717, 1.165) is 23.9 Å². The van der Waals surface area contributed by atoms with E-state index in [0.29, 0.717) is 11.8 Å². The third-order valence-electron chi connectivity index (χ3n) is 4.74. The minimum absolute atomic E-state index is 0.0194. The Hall–Kier alpha value is -1.69. The molecule has 6 heteroatoms. The number of benzene rings is 1. The van der Waals surface area contributed by atoms with E-state index in [2.05, 4.69) is 16.9 Å². The van der Waals surface area contributed by atoms with E-state index in [1.807, 2.05) is 18.3 Å². The summed E-state index contributed by atoms with van der Waals surface area (Å²) < 4.78 is 42.0. The van der Waals surface area contributed by atoms with Crippen LogP contribution in [0.5, 0.6) is 5.75 Å². The Morgan fingerprint density at radius 3 is 2.88 bits per heavy atom. The van der Waals surface area contributed by atoms with Crippen LogP contribution in [0.1, 0.15) is 31.2 Å². The number of fused-ring (bicyclic) bond motifs is 1. The summed E-state index contributed by atoms with van der Waals surface area (Å²) >= 11 is 0. The fourth-order valence-electron chi connectivity index (χ4n) is 3.37. The van der Waals surface area contributed by atoms with E-state index < -0.39 is 12.6 Å². The van der Waals surface area contributed by atoms with Crippen LogP contribution in [0.25, 0.3) is 10.9 Å². The summed E-state index contributed by atoms with van der Waals surface area (Å²) in [5.74, 6) is 0.630. The molecule has 0 spiro atoms. The molecule has 1 aliphatic heterocycles. The lowest BCUT2D eigenvalue weighted by molar-refractivity contribution is -0.136. The summed E-state index contributed by atoms with van der Waals surface area (Å²) in [7, 11) is 2.15. The minimum Gasteiger partial charge on any atom is -0.494 e. The topological polar surface area (TPSA) is 28.3 Å². The third-order valence-corrected chi connectivity index (χ3v) is 4.74. The molecule has 1 aliphatic rings. The predicted molar refractivity (Wildman–Crippen MR) is 88.4 cm³/mol. The lowest BCUT2D eigenvalue weighted by Crippen LogP contribution is -2.26. The Balaban J connectivity index is 1.65. The normalized spacial score (nSPS) is 19.2. The van der Waals surface area contributed by atoms with Gasteiger partial charge in [-0.15, -0.1) is 0 Å². The van der Waals surface area contributed by atoms with Crippen LogP contribution in [-0.4, -0.2) is 42.3 Å². The first-order valence-corrected chi connectivity index (χ1v) is 8.42. The van der Waals surface area contributed by atoms with Crippen LogP contribution in [0, 0.1) is 0 Å². The first kappa shape index (κ1) is 17.1. The Bertz CT molecular complexity index is 680. The molecule has 24 heavy (non-hydrogen) atoms. The Labute approximate surface area is 139 Å². The van der Waals surface area contributed by atoms with Crippen LogP contribution < -0.4 is 4.74 Å². The van der Waals surface area contributed by atoms with Crippen molar-refractivity contribution in [1.29, 1.82) is 0 Å². The highest BCUT2D eigenvalue weighted by molar-refractivity contribution is 5.84. The van der Waals surface area contributed by atoms with Gasteiger partial charge in [-0.3, -0.25) is 0 Å². The first-order valence-electron chi connectivity index (χ1n) is 8.42. The minimum atomic E-state index is -4.12. The fourth-order valence-corrected chi connectivity index (χ4v) is 3.37. The Morgan fingerprint density at radius 1 is 1.33 bits per heavy atom. The highest BCUT2D eigenvalue weighted by Gasteiger charge is 2.26. The molecule has 0 radical (unpaired) electrons. The van der Waals surface area contributed by atoms with Crippen molar-refractivity contribution in [2.75, 3.05) is 20.2 Å². The maximum Gasteiger partial charge on any atom is 0.389 e. The maximum absolute atomic E-state index is 12.2. The molecule has 0 bridgehead atoms. The number of likely N-dealkylation sites (N-methyl/N-ethyl adjacent to an activating group) is 1. The van der Waals surface area contributed by atoms with Crippen molar-refractivity contribution in [3.63, 3.8) is 0 Å². The summed E-state index contributed by atoms with van der Waals surface area (Å²) in [5, 5.41) is 1.10. The number of nitrogens with zero attached hydrogens (tertiary/aromatic N) is 1. The molecular weight excluding hydrogens is 317 g/mol. The number of alkyl halides is 3. The largest absolute Gasteiger partial charge is 0.494 e. The molecule has 1 aromatic heterocycles. The molecule has 1 saturated heterocycles. The fraction of sp³-hybridized carbons (Fsp3) is 0.556. The number of aromatic amines is 1. The zero-order valence-electron chi connectivity index (χ0n) is 13.8. The molecule has 2 heterocycles. The van der Waals surface area contributed by atoms with Crippen LogP contribution in [0.15, 0.2) is 24.4 Å². The molecule has 2 aromatic rings. The summed E-state index contributed by atoms with van der Waals surface area (Å²) in [6.45, 7) is 1.22. The van der Waals surface area contributed by atoms with Crippen LogP contribution in [0.2, 0.25) is 0 Å². The number of nitrogens with one attached hydrogen (secondary N) is 1. The summed E-state index contributed by atoms with van der Waals surface area (Å²) in [5.41, 5.74) is 2.28. The van der Waals surface area contributed by atoms with Gasteiger partial charge in [0, 0.05) is 29.6 Å². The molecule has 1 atom stereocenters. The van der Waals surface area contributed by atoms with E-state index in [1.54, 1.807) is 6.07 Å². The standard InChI is InChI=1S/C18H23F3N2O/c1-23-8-2-4-14(23)10-13-12-22-17-6-5-15(11-16(13)17)24-9-3-7-18(19,20)21/h5-6,11-12,14,22H,2-4,7-10H2,1H3/t14-/m1/s1. The lowest BCUT2D eigenvalue weighted by atomic mass is 10.0. The van der Waals surface area contributed by atoms with Crippen LogP contribution in [-0.2, 0) is 6.42 Å². The molecule has 132 valence electrons. The smallest absolute Gasteiger partial charge is 0.389 e. The first-order chi connectivity index (χ1) is 11.4. The average Bonchev–Trinajstić information content (AvgIpc) is 3.10. The van der Waals surface area contributed by atoms with Crippen molar-refractivity contribution in [1.82, 2.24) is 9.88 Å². The van der Waals surface area contributed by atoms with Gasteiger partial charge in [0.15, 0.2) is 0 Å². The van der Waals surface area contributed by atoms with Gasteiger partial charge < -0.3 is 14.6 Å². The summed E-state index contributed by atoms with van der Waals surface area (Å²) in [6.07, 6.45) is 0.508.